The Hall–Kier alpha value is -1.10. The van der Waals surface area contributed by atoms with Gasteiger partial charge in [0.25, 0.3) is 0 Å². The number of nitrogens with zero attached hydrogens (tertiary/aromatic N) is 1. The van der Waals surface area contributed by atoms with Gasteiger partial charge in [-0.25, -0.2) is 9.78 Å². The van der Waals surface area contributed by atoms with Gasteiger partial charge in [0.15, 0.2) is 0 Å². The molecular formula is C15H25N3OS. The van der Waals surface area contributed by atoms with Crippen LogP contribution < -0.4 is 10.6 Å². The Morgan fingerprint density at radius 2 is 2.10 bits per heavy atom. The third-order valence-electron chi connectivity index (χ3n) is 4.18. The third kappa shape index (κ3) is 4.20. The van der Waals surface area contributed by atoms with Crippen LogP contribution in [0.1, 0.15) is 43.8 Å². The van der Waals surface area contributed by atoms with Gasteiger partial charge < -0.3 is 10.6 Å². The van der Waals surface area contributed by atoms with Crippen molar-refractivity contribution in [3.05, 3.63) is 16.1 Å². The molecule has 1 fully saturated rings. The average molecular weight is 295 g/mol. The summed E-state index contributed by atoms with van der Waals surface area (Å²) in [4.78, 5) is 16.4. The summed E-state index contributed by atoms with van der Waals surface area (Å²) in [7, 11) is 0. The van der Waals surface area contributed by atoms with E-state index in [0.29, 0.717) is 24.4 Å². The predicted molar refractivity (Wildman–Crippen MR) is 83.1 cm³/mol. The van der Waals surface area contributed by atoms with Crippen molar-refractivity contribution in [3.8, 4) is 0 Å². The first-order valence-electron chi connectivity index (χ1n) is 7.51. The molecule has 1 aliphatic carbocycles. The van der Waals surface area contributed by atoms with Gasteiger partial charge in [-0.3, -0.25) is 0 Å². The zero-order valence-corrected chi connectivity index (χ0v) is 13.4. The van der Waals surface area contributed by atoms with Crippen molar-refractivity contribution in [2.75, 3.05) is 6.54 Å². The lowest BCUT2D eigenvalue weighted by Crippen LogP contribution is -2.49. The second-order valence-electron chi connectivity index (χ2n) is 5.92. The monoisotopic (exact) mass is 295 g/mol. The highest BCUT2D eigenvalue weighted by Crippen LogP contribution is 2.28. The molecule has 0 spiro atoms. The maximum absolute atomic E-state index is 12.0. The molecule has 5 heteroatoms. The van der Waals surface area contributed by atoms with E-state index in [9.17, 15) is 4.79 Å². The molecule has 1 aromatic rings. The van der Waals surface area contributed by atoms with Crippen LogP contribution >= 0.6 is 11.3 Å². The van der Waals surface area contributed by atoms with Crippen molar-refractivity contribution in [3.63, 3.8) is 0 Å². The Labute approximate surface area is 125 Å². The molecule has 0 radical (unpaired) electrons. The van der Waals surface area contributed by atoms with Crippen molar-refractivity contribution in [1.82, 2.24) is 15.6 Å². The molecule has 2 rings (SSSR count). The van der Waals surface area contributed by atoms with E-state index in [-0.39, 0.29) is 6.03 Å². The van der Waals surface area contributed by atoms with E-state index in [1.165, 1.54) is 19.3 Å². The molecule has 0 aromatic carbocycles. The summed E-state index contributed by atoms with van der Waals surface area (Å²) in [6, 6.07) is 0.271. The zero-order chi connectivity index (χ0) is 14.5. The first kappa shape index (κ1) is 15.3. The molecule has 4 nitrogen and oxygen atoms in total. The summed E-state index contributed by atoms with van der Waals surface area (Å²) < 4.78 is 0. The summed E-state index contributed by atoms with van der Waals surface area (Å²) in [5.74, 6) is 1.15. The first-order chi connectivity index (χ1) is 9.56. The molecule has 0 saturated heterocycles. The lowest BCUT2D eigenvalue weighted by atomic mass is 9.79. The van der Waals surface area contributed by atoms with Crippen molar-refractivity contribution >= 4 is 17.4 Å². The minimum atomic E-state index is -0.0393. The lowest BCUT2D eigenvalue weighted by molar-refractivity contribution is 0.194. The van der Waals surface area contributed by atoms with Crippen molar-refractivity contribution < 1.29 is 4.79 Å². The van der Waals surface area contributed by atoms with Gasteiger partial charge in [-0.15, -0.1) is 11.3 Å². The number of urea groups is 1. The molecule has 1 aliphatic rings. The van der Waals surface area contributed by atoms with Crippen LogP contribution in [0.25, 0.3) is 0 Å². The van der Waals surface area contributed by atoms with Crippen LogP contribution in [-0.2, 0) is 6.42 Å². The fraction of sp³-hybridized carbons (Fsp3) is 0.733. The molecule has 2 atom stereocenters. The fourth-order valence-corrected chi connectivity index (χ4v) is 3.64. The van der Waals surface area contributed by atoms with E-state index < -0.39 is 0 Å². The van der Waals surface area contributed by atoms with Gasteiger partial charge in [0, 0.05) is 24.4 Å². The molecule has 1 aromatic heterocycles. The van der Waals surface area contributed by atoms with Gasteiger partial charge in [-0.1, -0.05) is 20.3 Å². The number of aromatic nitrogens is 1. The van der Waals surface area contributed by atoms with Gasteiger partial charge in [0.2, 0.25) is 0 Å². The van der Waals surface area contributed by atoms with E-state index in [1.54, 1.807) is 11.3 Å². The molecule has 2 N–H and O–H groups in total. The highest BCUT2D eigenvalue weighted by atomic mass is 32.1. The molecule has 2 unspecified atom stereocenters. The van der Waals surface area contributed by atoms with E-state index in [1.807, 2.05) is 6.92 Å². The standard InChI is InChI=1S/C15H25N3OS/c1-10-5-4-6-11(2)14(10)18-15(19)16-8-7-13-9-20-12(3)17-13/h9-11,14H,4-8H2,1-3H3,(H2,16,18,19). The normalized spacial score (nSPS) is 26.2. The van der Waals surface area contributed by atoms with Crippen molar-refractivity contribution in [2.24, 2.45) is 11.8 Å². The topological polar surface area (TPSA) is 54.0 Å². The molecule has 2 amide bonds. The number of nitrogens with one attached hydrogen (secondary N) is 2. The van der Waals surface area contributed by atoms with Crippen molar-refractivity contribution in [2.45, 2.75) is 52.5 Å². The predicted octanol–water partition coefficient (Wildman–Crippen LogP) is 3.12. The quantitative estimate of drug-likeness (QED) is 0.896. The zero-order valence-electron chi connectivity index (χ0n) is 12.6. The number of rotatable bonds is 4. The van der Waals surface area contributed by atoms with E-state index in [4.69, 9.17) is 0 Å². The van der Waals surface area contributed by atoms with Gasteiger partial charge in [-0.05, 0) is 31.6 Å². The third-order valence-corrected chi connectivity index (χ3v) is 5.00. The number of hydrogen-bond acceptors (Lipinski definition) is 3. The Bertz CT molecular complexity index is 436. The van der Waals surface area contributed by atoms with E-state index in [0.717, 1.165) is 17.1 Å². The van der Waals surface area contributed by atoms with Crippen molar-refractivity contribution in [1.29, 1.82) is 0 Å². The van der Waals surface area contributed by atoms with Gasteiger partial charge in [0.05, 0.1) is 10.7 Å². The Morgan fingerprint density at radius 1 is 1.40 bits per heavy atom. The summed E-state index contributed by atoms with van der Waals surface area (Å²) in [5.41, 5.74) is 1.06. The number of amides is 2. The fourth-order valence-electron chi connectivity index (χ4n) is 3.00. The smallest absolute Gasteiger partial charge is 0.315 e. The Balaban J connectivity index is 1.72. The molecule has 20 heavy (non-hydrogen) atoms. The number of carbonyl (C=O) groups excluding carboxylic acids is 1. The largest absolute Gasteiger partial charge is 0.338 e. The van der Waals surface area contributed by atoms with Crippen LogP contribution in [0.3, 0.4) is 0 Å². The number of thiazole rings is 1. The molecule has 112 valence electrons. The van der Waals surface area contributed by atoms with Crippen LogP contribution in [0.4, 0.5) is 4.79 Å². The van der Waals surface area contributed by atoms with Crippen LogP contribution in [0, 0.1) is 18.8 Å². The minimum absolute atomic E-state index is 0.0393. The Morgan fingerprint density at radius 3 is 2.70 bits per heavy atom. The second-order valence-corrected chi connectivity index (χ2v) is 6.98. The van der Waals surface area contributed by atoms with Crippen LogP contribution in [0.5, 0.6) is 0 Å². The molecule has 0 aliphatic heterocycles. The van der Waals surface area contributed by atoms with E-state index in [2.05, 4.69) is 34.8 Å². The summed E-state index contributed by atoms with van der Waals surface area (Å²) in [6.07, 6.45) is 4.51. The summed E-state index contributed by atoms with van der Waals surface area (Å²) in [6.45, 7) is 7.11. The second kappa shape index (κ2) is 7.07. The first-order valence-corrected chi connectivity index (χ1v) is 8.39. The number of aryl methyl sites for hydroxylation is 1. The van der Waals surface area contributed by atoms with E-state index >= 15 is 0 Å². The maximum Gasteiger partial charge on any atom is 0.315 e. The average Bonchev–Trinajstić information content (AvgIpc) is 2.80. The highest BCUT2D eigenvalue weighted by Gasteiger charge is 2.28. The van der Waals surface area contributed by atoms with Crippen LogP contribution in [0.2, 0.25) is 0 Å². The number of carbonyl (C=O) groups is 1. The van der Waals surface area contributed by atoms with Gasteiger partial charge in [0.1, 0.15) is 0 Å². The van der Waals surface area contributed by atoms with Crippen LogP contribution in [-0.4, -0.2) is 23.6 Å². The van der Waals surface area contributed by atoms with Gasteiger partial charge >= 0.3 is 6.03 Å². The molecule has 1 saturated carbocycles. The molecule has 0 bridgehead atoms. The Kier molecular flexibility index (Phi) is 5.40. The summed E-state index contributed by atoms with van der Waals surface area (Å²) in [5, 5.41) is 9.22. The highest BCUT2D eigenvalue weighted by molar-refractivity contribution is 7.09. The molecular weight excluding hydrogens is 270 g/mol. The lowest BCUT2D eigenvalue weighted by Gasteiger charge is -2.35. The summed E-state index contributed by atoms with van der Waals surface area (Å²) >= 11 is 1.65. The van der Waals surface area contributed by atoms with Gasteiger partial charge in [-0.2, -0.15) is 0 Å². The minimum Gasteiger partial charge on any atom is -0.338 e. The molecule has 1 heterocycles. The van der Waals surface area contributed by atoms with Crippen LogP contribution in [0.15, 0.2) is 5.38 Å². The maximum atomic E-state index is 12.0. The number of hydrogen-bond donors (Lipinski definition) is 2. The SMILES string of the molecule is Cc1nc(CCNC(=O)NC2C(C)CCCC2C)cs1.